The Morgan fingerprint density at radius 2 is 1.83 bits per heavy atom. The first-order chi connectivity index (χ1) is 14.0. The molecular formula is C24H32O6. The number of Topliss-reactive ketones (excluding diaryl/α,β-unsaturated/α-hetero) is 1. The first-order valence-electron chi connectivity index (χ1n) is 10.9. The van der Waals surface area contributed by atoms with Gasteiger partial charge in [-0.3, -0.25) is 14.4 Å². The highest BCUT2D eigenvalue weighted by Gasteiger charge is 2.66. The summed E-state index contributed by atoms with van der Waals surface area (Å²) in [5.74, 6) is -0.544. The Morgan fingerprint density at radius 3 is 2.50 bits per heavy atom. The van der Waals surface area contributed by atoms with Gasteiger partial charge in [0.2, 0.25) is 0 Å². The number of fused-ring (bicyclic) bond motifs is 5. The van der Waals surface area contributed by atoms with E-state index in [1.807, 2.05) is 19.5 Å². The van der Waals surface area contributed by atoms with Crippen LogP contribution in [0.1, 0.15) is 71.4 Å². The fourth-order valence-corrected chi connectivity index (χ4v) is 7.36. The van der Waals surface area contributed by atoms with E-state index >= 15 is 0 Å². The second-order valence-electron chi connectivity index (χ2n) is 10.3. The van der Waals surface area contributed by atoms with Crippen LogP contribution in [-0.4, -0.2) is 30.4 Å². The van der Waals surface area contributed by atoms with Crippen LogP contribution in [0.25, 0.3) is 0 Å². The Bertz CT molecular complexity index is 886. The van der Waals surface area contributed by atoms with Gasteiger partial charge < -0.3 is 13.9 Å². The summed E-state index contributed by atoms with van der Waals surface area (Å²) in [5.41, 5.74) is 1.47. The summed E-state index contributed by atoms with van der Waals surface area (Å²) in [6.45, 7) is 9.25. The lowest BCUT2D eigenvalue weighted by atomic mass is 9.40. The fraction of sp³-hybridized carbons (Fsp3) is 0.708. The molecule has 0 aromatic carbocycles. The van der Waals surface area contributed by atoms with Gasteiger partial charge in [0.1, 0.15) is 6.61 Å². The number of hydrogen-bond acceptors (Lipinski definition) is 6. The molecule has 30 heavy (non-hydrogen) atoms. The molecule has 1 heterocycles. The van der Waals surface area contributed by atoms with E-state index in [9.17, 15) is 14.4 Å². The summed E-state index contributed by atoms with van der Waals surface area (Å²) in [4.78, 5) is 36.8. The largest absolute Gasteiger partial charge is 0.472 e. The number of ketones is 1. The Labute approximate surface area is 177 Å². The molecule has 3 aliphatic carbocycles. The first kappa shape index (κ1) is 21.1. The van der Waals surface area contributed by atoms with Gasteiger partial charge in [-0.25, -0.2) is 0 Å². The third-order valence-corrected chi connectivity index (χ3v) is 8.49. The van der Waals surface area contributed by atoms with E-state index in [4.69, 9.17) is 13.9 Å². The number of furan rings is 1. The molecule has 0 radical (unpaired) electrons. The Balaban J connectivity index is 1.77. The molecule has 0 saturated heterocycles. The van der Waals surface area contributed by atoms with Crippen molar-refractivity contribution in [1.82, 2.24) is 0 Å². The van der Waals surface area contributed by atoms with Crippen molar-refractivity contribution in [3.63, 3.8) is 0 Å². The van der Waals surface area contributed by atoms with Gasteiger partial charge >= 0.3 is 11.9 Å². The quantitative estimate of drug-likeness (QED) is 0.693. The Morgan fingerprint density at radius 1 is 1.10 bits per heavy atom. The third kappa shape index (κ3) is 2.94. The fourth-order valence-electron chi connectivity index (χ4n) is 7.36. The lowest BCUT2D eigenvalue weighted by Crippen LogP contribution is -2.65. The van der Waals surface area contributed by atoms with E-state index in [1.54, 1.807) is 0 Å². The van der Waals surface area contributed by atoms with E-state index in [-0.39, 0.29) is 35.1 Å². The monoisotopic (exact) mass is 416 g/mol. The molecule has 164 valence electrons. The lowest BCUT2D eigenvalue weighted by Gasteiger charge is -2.64. The van der Waals surface area contributed by atoms with Gasteiger partial charge in [-0.15, -0.1) is 0 Å². The van der Waals surface area contributed by atoms with Crippen molar-refractivity contribution in [3.8, 4) is 0 Å². The van der Waals surface area contributed by atoms with Crippen molar-refractivity contribution in [3.05, 3.63) is 23.7 Å². The molecule has 2 saturated carbocycles. The maximum Gasteiger partial charge on any atom is 0.303 e. The second kappa shape index (κ2) is 6.96. The summed E-state index contributed by atoms with van der Waals surface area (Å²) in [6.07, 6.45) is 7.00. The molecule has 6 nitrogen and oxygen atoms in total. The number of aryl methyl sites for hydroxylation is 1. The molecule has 4 rings (SSSR count). The van der Waals surface area contributed by atoms with Crippen LogP contribution >= 0.6 is 0 Å². The zero-order valence-corrected chi connectivity index (χ0v) is 18.6. The number of carbonyl (C=O) groups excluding carboxylic acids is 3. The summed E-state index contributed by atoms with van der Waals surface area (Å²) in [5, 5.41) is 0. The van der Waals surface area contributed by atoms with Crippen LogP contribution in [0.3, 0.4) is 0 Å². The highest BCUT2D eigenvalue weighted by molar-refractivity contribution is 5.88. The molecule has 0 N–H and O–H groups in total. The highest BCUT2D eigenvalue weighted by atomic mass is 16.6. The average molecular weight is 417 g/mol. The summed E-state index contributed by atoms with van der Waals surface area (Å²) < 4.78 is 16.6. The van der Waals surface area contributed by atoms with Crippen LogP contribution < -0.4 is 0 Å². The van der Waals surface area contributed by atoms with Crippen LogP contribution in [0.15, 0.2) is 16.9 Å². The van der Waals surface area contributed by atoms with Gasteiger partial charge in [-0.05, 0) is 59.5 Å². The van der Waals surface area contributed by atoms with E-state index < -0.39 is 17.5 Å². The molecule has 0 amide bonds. The topological polar surface area (TPSA) is 82.8 Å². The van der Waals surface area contributed by atoms with E-state index in [2.05, 4.69) is 13.8 Å². The Hall–Kier alpha value is -2.11. The second-order valence-corrected chi connectivity index (χ2v) is 10.3. The third-order valence-electron chi connectivity index (χ3n) is 8.49. The normalized spacial score (nSPS) is 40.0. The maximum absolute atomic E-state index is 13.4. The van der Waals surface area contributed by atoms with E-state index in [1.165, 1.54) is 25.0 Å². The van der Waals surface area contributed by atoms with Crippen molar-refractivity contribution in [2.45, 2.75) is 78.2 Å². The van der Waals surface area contributed by atoms with Crippen molar-refractivity contribution in [1.29, 1.82) is 0 Å². The molecule has 6 atom stereocenters. The molecule has 1 aromatic rings. The van der Waals surface area contributed by atoms with Gasteiger partial charge in [0.05, 0.1) is 12.5 Å². The minimum Gasteiger partial charge on any atom is -0.472 e. The van der Waals surface area contributed by atoms with Gasteiger partial charge in [0, 0.05) is 25.7 Å². The molecule has 1 aromatic heterocycles. The zero-order valence-electron chi connectivity index (χ0n) is 18.6. The molecule has 2 fully saturated rings. The van der Waals surface area contributed by atoms with Crippen molar-refractivity contribution < 1.29 is 28.3 Å². The molecular weight excluding hydrogens is 384 g/mol. The van der Waals surface area contributed by atoms with Crippen molar-refractivity contribution >= 4 is 17.7 Å². The average Bonchev–Trinajstić information content (AvgIpc) is 3.13. The SMILES string of the molecule is CC(=O)OC[C@]1(C)[C@H]2CC[C@@]3(C)c4cocc4CC[C@@H]3[C@@]2(C)CC(=O)[C@@H]1OC(C)=O. The highest BCUT2D eigenvalue weighted by Crippen LogP contribution is 2.66. The summed E-state index contributed by atoms with van der Waals surface area (Å²) >= 11 is 0. The van der Waals surface area contributed by atoms with Crippen molar-refractivity contribution in [2.75, 3.05) is 6.61 Å². The van der Waals surface area contributed by atoms with Gasteiger partial charge in [-0.2, -0.15) is 0 Å². The molecule has 3 aliphatic rings. The number of rotatable bonds is 3. The molecule has 0 aliphatic heterocycles. The van der Waals surface area contributed by atoms with Crippen LogP contribution in [0.4, 0.5) is 0 Å². The lowest BCUT2D eigenvalue weighted by molar-refractivity contribution is -0.203. The van der Waals surface area contributed by atoms with Crippen LogP contribution in [-0.2, 0) is 35.7 Å². The predicted octanol–water partition coefficient (Wildman–Crippen LogP) is 3.99. The minimum atomic E-state index is -0.884. The Kier molecular flexibility index (Phi) is 4.90. The standard InChI is InChI=1S/C24H32O6/c1-14(25)29-13-24(5)20-8-9-22(3)17-12-28-11-16(17)6-7-19(22)23(20,4)10-18(27)21(24)30-15(2)26/h11-12,19-21H,6-10,13H2,1-5H3/t19-,20-,21-,22-,23+,24+/m0/s1. The summed E-state index contributed by atoms with van der Waals surface area (Å²) in [6, 6.07) is 0. The summed E-state index contributed by atoms with van der Waals surface area (Å²) in [7, 11) is 0. The van der Waals surface area contributed by atoms with Gasteiger partial charge in [0.15, 0.2) is 11.9 Å². The predicted molar refractivity (Wildman–Crippen MR) is 109 cm³/mol. The molecule has 6 heteroatoms. The van der Waals surface area contributed by atoms with E-state index in [0.717, 1.165) is 25.7 Å². The first-order valence-corrected chi connectivity index (χ1v) is 10.9. The minimum absolute atomic E-state index is 0.0529. The molecule has 0 spiro atoms. The zero-order chi connectivity index (χ0) is 21.9. The van der Waals surface area contributed by atoms with Gasteiger partial charge in [0.25, 0.3) is 0 Å². The number of esters is 2. The van der Waals surface area contributed by atoms with Crippen LogP contribution in [0.5, 0.6) is 0 Å². The van der Waals surface area contributed by atoms with Crippen molar-refractivity contribution in [2.24, 2.45) is 22.7 Å². The van der Waals surface area contributed by atoms with Crippen LogP contribution in [0.2, 0.25) is 0 Å². The number of carbonyl (C=O) groups is 3. The van der Waals surface area contributed by atoms with Gasteiger partial charge in [-0.1, -0.05) is 20.8 Å². The number of ether oxygens (including phenoxy) is 2. The smallest absolute Gasteiger partial charge is 0.303 e. The molecule has 0 bridgehead atoms. The maximum atomic E-state index is 13.4. The van der Waals surface area contributed by atoms with Crippen LogP contribution in [0, 0.1) is 22.7 Å². The number of hydrogen-bond donors (Lipinski definition) is 0. The molecule has 0 unspecified atom stereocenters. The van der Waals surface area contributed by atoms with E-state index in [0.29, 0.717) is 12.3 Å².